The molecule has 1 atom stereocenters. The van der Waals surface area contributed by atoms with E-state index in [2.05, 4.69) is 25.3 Å². The molecule has 1 aromatic carbocycles. The summed E-state index contributed by atoms with van der Waals surface area (Å²) < 4.78 is 5.55. The molecule has 0 fully saturated rings. The fourth-order valence-corrected chi connectivity index (χ4v) is 1.55. The van der Waals surface area contributed by atoms with Gasteiger partial charge in [0.1, 0.15) is 5.75 Å². The Morgan fingerprint density at radius 1 is 1.29 bits per heavy atom. The molecule has 0 saturated heterocycles. The molecule has 1 rings (SSSR count). The van der Waals surface area contributed by atoms with Crippen molar-refractivity contribution in [3.8, 4) is 5.75 Å². The van der Waals surface area contributed by atoms with E-state index in [-0.39, 0.29) is 5.91 Å². The standard InChI is InChI=1S/C13H20N2O2/c1-8(2)11-5-9(3)6-12(7-11)17-10(4)13(16)15-14/h5-8,10H,14H2,1-4H3,(H,15,16). The molecule has 0 spiro atoms. The molecule has 0 bridgehead atoms. The van der Waals surface area contributed by atoms with Crippen LogP contribution in [0.2, 0.25) is 0 Å². The Kier molecular flexibility index (Phi) is 4.52. The monoisotopic (exact) mass is 236 g/mol. The molecule has 0 aliphatic rings. The molecule has 17 heavy (non-hydrogen) atoms. The number of hydrogen-bond acceptors (Lipinski definition) is 3. The number of benzene rings is 1. The van der Waals surface area contributed by atoms with E-state index in [0.717, 1.165) is 5.56 Å². The zero-order valence-electron chi connectivity index (χ0n) is 10.8. The number of hydrazine groups is 1. The topological polar surface area (TPSA) is 64.3 Å². The Bertz CT molecular complexity index is 402. The number of hydrogen-bond donors (Lipinski definition) is 2. The number of ether oxygens (including phenoxy) is 1. The molecule has 0 aliphatic carbocycles. The summed E-state index contributed by atoms with van der Waals surface area (Å²) in [5.74, 6) is 5.85. The molecule has 0 heterocycles. The van der Waals surface area contributed by atoms with Gasteiger partial charge in [-0.05, 0) is 43.0 Å². The highest BCUT2D eigenvalue weighted by atomic mass is 16.5. The van der Waals surface area contributed by atoms with Crippen LogP contribution in [-0.4, -0.2) is 12.0 Å². The second-order valence-electron chi connectivity index (χ2n) is 4.50. The number of nitrogens with two attached hydrogens (primary N) is 1. The molecule has 1 aromatic rings. The lowest BCUT2D eigenvalue weighted by molar-refractivity contribution is -0.127. The van der Waals surface area contributed by atoms with Crippen LogP contribution in [0.1, 0.15) is 37.8 Å². The third-order valence-electron chi connectivity index (χ3n) is 2.56. The lowest BCUT2D eigenvalue weighted by Crippen LogP contribution is -2.40. The molecule has 1 amide bonds. The fraction of sp³-hybridized carbons (Fsp3) is 0.462. The number of amides is 1. The molecule has 4 heteroatoms. The third-order valence-corrected chi connectivity index (χ3v) is 2.56. The smallest absolute Gasteiger partial charge is 0.274 e. The number of aryl methyl sites for hydroxylation is 1. The SMILES string of the molecule is Cc1cc(OC(C)C(=O)NN)cc(C(C)C)c1. The first kappa shape index (κ1) is 13.5. The molecule has 4 nitrogen and oxygen atoms in total. The largest absolute Gasteiger partial charge is 0.481 e. The second kappa shape index (κ2) is 5.68. The van der Waals surface area contributed by atoms with Crippen LogP contribution in [0.3, 0.4) is 0 Å². The van der Waals surface area contributed by atoms with Gasteiger partial charge in [-0.2, -0.15) is 0 Å². The predicted molar refractivity (Wildman–Crippen MR) is 67.7 cm³/mol. The predicted octanol–water partition coefficient (Wildman–Crippen LogP) is 1.88. The number of carbonyl (C=O) groups is 1. The fourth-order valence-electron chi connectivity index (χ4n) is 1.55. The van der Waals surface area contributed by atoms with Crippen molar-refractivity contribution in [3.05, 3.63) is 29.3 Å². The van der Waals surface area contributed by atoms with E-state index in [1.54, 1.807) is 6.92 Å². The number of carbonyl (C=O) groups excluding carboxylic acids is 1. The number of rotatable bonds is 4. The van der Waals surface area contributed by atoms with Crippen LogP contribution in [0, 0.1) is 6.92 Å². The van der Waals surface area contributed by atoms with Crippen LogP contribution in [-0.2, 0) is 4.79 Å². The Morgan fingerprint density at radius 2 is 1.94 bits per heavy atom. The summed E-state index contributed by atoms with van der Waals surface area (Å²) in [5.41, 5.74) is 4.38. The van der Waals surface area contributed by atoms with Gasteiger partial charge in [0.05, 0.1) is 0 Å². The minimum absolute atomic E-state index is 0.336. The summed E-state index contributed by atoms with van der Waals surface area (Å²) in [6.45, 7) is 7.91. The van der Waals surface area contributed by atoms with Crippen LogP contribution >= 0.6 is 0 Å². The second-order valence-corrected chi connectivity index (χ2v) is 4.50. The molecule has 1 unspecified atom stereocenters. The van der Waals surface area contributed by atoms with Gasteiger partial charge in [0.2, 0.25) is 0 Å². The van der Waals surface area contributed by atoms with Crippen molar-refractivity contribution in [2.45, 2.75) is 39.7 Å². The molecular formula is C13H20N2O2. The van der Waals surface area contributed by atoms with Gasteiger partial charge in [0.25, 0.3) is 5.91 Å². The highest BCUT2D eigenvalue weighted by molar-refractivity contribution is 5.80. The van der Waals surface area contributed by atoms with Crippen LogP contribution in [0.15, 0.2) is 18.2 Å². The molecular weight excluding hydrogens is 216 g/mol. The molecule has 94 valence electrons. The lowest BCUT2D eigenvalue weighted by atomic mass is 10.0. The Morgan fingerprint density at radius 3 is 2.47 bits per heavy atom. The molecule has 0 saturated carbocycles. The Labute approximate surface area is 102 Å². The van der Waals surface area contributed by atoms with Gasteiger partial charge >= 0.3 is 0 Å². The highest BCUT2D eigenvalue weighted by Gasteiger charge is 2.13. The normalized spacial score (nSPS) is 12.4. The van der Waals surface area contributed by atoms with Gasteiger partial charge in [0, 0.05) is 0 Å². The van der Waals surface area contributed by atoms with E-state index in [1.807, 2.05) is 19.1 Å². The minimum atomic E-state index is -0.596. The van der Waals surface area contributed by atoms with Crippen LogP contribution in [0.4, 0.5) is 0 Å². The zero-order chi connectivity index (χ0) is 13.0. The summed E-state index contributed by atoms with van der Waals surface area (Å²) >= 11 is 0. The van der Waals surface area contributed by atoms with Crippen molar-refractivity contribution >= 4 is 5.91 Å². The maximum absolute atomic E-state index is 11.3. The molecule has 0 aromatic heterocycles. The van der Waals surface area contributed by atoms with Crippen molar-refractivity contribution in [2.75, 3.05) is 0 Å². The van der Waals surface area contributed by atoms with E-state index in [0.29, 0.717) is 11.7 Å². The minimum Gasteiger partial charge on any atom is -0.481 e. The van der Waals surface area contributed by atoms with Crippen molar-refractivity contribution in [1.29, 1.82) is 0 Å². The van der Waals surface area contributed by atoms with E-state index in [4.69, 9.17) is 10.6 Å². The molecule has 0 aliphatic heterocycles. The van der Waals surface area contributed by atoms with Crippen LogP contribution in [0.5, 0.6) is 5.75 Å². The van der Waals surface area contributed by atoms with E-state index >= 15 is 0 Å². The van der Waals surface area contributed by atoms with Crippen molar-refractivity contribution in [1.82, 2.24) is 5.43 Å². The third kappa shape index (κ3) is 3.75. The zero-order valence-corrected chi connectivity index (χ0v) is 10.8. The Balaban J connectivity index is 2.87. The summed E-state index contributed by atoms with van der Waals surface area (Å²) in [5, 5.41) is 0. The number of nitrogens with one attached hydrogen (secondary N) is 1. The van der Waals surface area contributed by atoms with Gasteiger partial charge in [-0.15, -0.1) is 0 Å². The maximum atomic E-state index is 11.3. The molecule has 3 N–H and O–H groups in total. The van der Waals surface area contributed by atoms with Crippen LogP contribution < -0.4 is 16.0 Å². The summed E-state index contributed by atoms with van der Waals surface area (Å²) in [6, 6.07) is 5.98. The first-order chi connectivity index (χ1) is 7.93. The summed E-state index contributed by atoms with van der Waals surface area (Å²) in [4.78, 5) is 11.3. The summed E-state index contributed by atoms with van der Waals surface area (Å²) in [6.07, 6.45) is -0.596. The van der Waals surface area contributed by atoms with Gasteiger partial charge in [-0.3, -0.25) is 10.2 Å². The van der Waals surface area contributed by atoms with Crippen molar-refractivity contribution < 1.29 is 9.53 Å². The lowest BCUT2D eigenvalue weighted by Gasteiger charge is -2.15. The van der Waals surface area contributed by atoms with Crippen LogP contribution in [0.25, 0.3) is 0 Å². The van der Waals surface area contributed by atoms with Gasteiger partial charge in [-0.1, -0.05) is 19.9 Å². The van der Waals surface area contributed by atoms with Crippen molar-refractivity contribution in [3.63, 3.8) is 0 Å². The van der Waals surface area contributed by atoms with E-state index < -0.39 is 6.10 Å². The Hall–Kier alpha value is -1.55. The summed E-state index contributed by atoms with van der Waals surface area (Å²) in [7, 11) is 0. The highest BCUT2D eigenvalue weighted by Crippen LogP contribution is 2.23. The van der Waals surface area contributed by atoms with E-state index in [9.17, 15) is 4.79 Å². The quantitative estimate of drug-likeness (QED) is 0.476. The van der Waals surface area contributed by atoms with Crippen molar-refractivity contribution in [2.24, 2.45) is 5.84 Å². The van der Waals surface area contributed by atoms with Gasteiger partial charge < -0.3 is 4.74 Å². The van der Waals surface area contributed by atoms with E-state index in [1.165, 1.54) is 5.56 Å². The van der Waals surface area contributed by atoms with Gasteiger partial charge in [-0.25, -0.2) is 5.84 Å². The average Bonchev–Trinajstić information content (AvgIpc) is 2.26. The first-order valence-corrected chi connectivity index (χ1v) is 5.72. The average molecular weight is 236 g/mol. The molecule has 0 radical (unpaired) electrons. The van der Waals surface area contributed by atoms with Gasteiger partial charge in [0.15, 0.2) is 6.10 Å². The first-order valence-electron chi connectivity index (χ1n) is 5.72. The maximum Gasteiger partial charge on any atom is 0.274 e.